The van der Waals surface area contributed by atoms with Crippen LogP contribution in [0.5, 0.6) is 5.75 Å². The lowest BCUT2D eigenvalue weighted by atomic mass is 10.1. The molecule has 24 heavy (non-hydrogen) atoms. The molecule has 0 bridgehead atoms. The number of hydrogen-bond donors (Lipinski definition) is 2. The van der Waals surface area contributed by atoms with Crippen LogP contribution in [0.1, 0.15) is 18.1 Å². The number of nitrogens with one attached hydrogen (secondary N) is 1. The minimum absolute atomic E-state index is 0.140. The molecular weight excluding hydrogens is 304 g/mol. The lowest BCUT2D eigenvalue weighted by Crippen LogP contribution is -2.40. The van der Waals surface area contributed by atoms with Gasteiger partial charge in [0.25, 0.3) is 5.91 Å². The van der Waals surface area contributed by atoms with Crippen LogP contribution in [0.3, 0.4) is 0 Å². The highest BCUT2D eigenvalue weighted by Gasteiger charge is 2.17. The molecule has 0 aliphatic carbocycles. The van der Waals surface area contributed by atoms with Gasteiger partial charge in [-0.1, -0.05) is 42.5 Å². The molecular formula is C19H20N2O3. The summed E-state index contributed by atoms with van der Waals surface area (Å²) in [5.74, 6) is 0.0299. The van der Waals surface area contributed by atoms with E-state index < -0.39 is 12.2 Å². The van der Waals surface area contributed by atoms with Crippen LogP contribution in [0.4, 0.5) is 0 Å². The van der Waals surface area contributed by atoms with Crippen molar-refractivity contribution in [1.82, 2.24) is 5.32 Å². The number of carbonyl (C=O) groups is 1. The van der Waals surface area contributed by atoms with Gasteiger partial charge in [0, 0.05) is 13.0 Å². The molecule has 1 amide bonds. The Balaban J connectivity index is 1.82. The van der Waals surface area contributed by atoms with Crippen molar-refractivity contribution >= 4 is 5.91 Å². The normalized spacial score (nSPS) is 12.7. The maximum atomic E-state index is 12.1. The summed E-state index contributed by atoms with van der Waals surface area (Å²) in [5.41, 5.74) is 1.38. The van der Waals surface area contributed by atoms with Crippen LogP contribution in [-0.2, 0) is 11.2 Å². The summed E-state index contributed by atoms with van der Waals surface area (Å²) in [6.07, 6.45) is -0.966. The minimum Gasteiger partial charge on any atom is -0.480 e. The highest BCUT2D eigenvalue weighted by atomic mass is 16.5. The highest BCUT2D eigenvalue weighted by Crippen LogP contribution is 2.18. The predicted octanol–water partition coefficient (Wildman–Crippen LogP) is 2.05. The maximum Gasteiger partial charge on any atom is 0.260 e. The Hall–Kier alpha value is -2.84. The van der Waals surface area contributed by atoms with Crippen molar-refractivity contribution in [2.75, 3.05) is 6.54 Å². The van der Waals surface area contributed by atoms with E-state index in [9.17, 15) is 9.90 Å². The number of hydrogen-bond acceptors (Lipinski definition) is 4. The number of nitrogens with zero attached hydrogens (tertiary/aromatic N) is 1. The van der Waals surface area contributed by atoms with Crippen LogP contribution in [0.25, 0.3) is 0 Å². The maximum absolute atomic E-state index is 12.1. The summed E-state index contributed by atoms with van der Waals surface area (Å²) in [6, 6.07) is 18.3. The van der Waals surface area contributed by atoms with E-state index in [0.717, 1.165) is 5.56 Å². The van der Waals surface area contributed by atoms with Gasteiger partial charge in [-0.15, -0.1) is 0 Å². The van der Waals surface area contributed by atoms with Crippen LogP contribution >= 0.6 is 0 Å². The lowest BCUT2D eigenvalue weighted by Gasteiger charge is -2.17. The standard InChI is InChI=1S/C19H20N2O3/c1-14(24-18-10-6-5-9-16(18)12-20)19(23)21-13-17(22)11-15-7-3-2-4-8-15/h2-10,14,17,22H,11,13H2,1H3,(H,21,23). The Kier molecular flexibility index (Phi) is 6.35. The number of carbonyl (C=O) groups excluding carboxylic acids is 1. The third-order valence-corrected chi connectivity index (χ3v) is 3.51. The highest BCUT2D eigenvalue weighted by molar-refractivity contribution is 5.80. The number of rotatable bonds is 7. The van der Waals surface area contributed by atoms with E-state index in [4.69, 9.17) is 10.00 Å². The second kappa shape index (κ2) is 8.70. The van der Waals surface area contributed by atoms with E-state index in [-0.39, 0.29) is 12.5 Å². The van der Waals surface area contributed by atoms with Crippen molar-refractivity contribution in [2.45, 2.75) is 25.6 Å². The van der Waals surface area contributed by atoms with E-state index in [2.05, 4.69) is 5.32 Å². The second-order valence-corrected chi connectivity index (χ2v) is 5.46. The summed E-state index contributed by atoms with van der Waals surface area (Å²) < 4.78 is 5.53. The Bertz CT molecular complexity index is 710. The molecule has 2 aromatic rings. The molecule has 124 valence electrons. The van der Waals surface area contributed by atoms with E-state index in [0.29, 0.717) is 17.7 Å². The number of aliphatic hydroxyl groups is 1. The molecule has 0 aromatic heterocycles. The van der Waals surface area contributed by atoms with Gasteiger partial charge >= 0.3 is 0 Å². The van der Waals surface area contributed by atoms with Crippen LogP contribution < -0.4 is 10.1 Å². The Labute approximate surface area is 141 Å². The molecule has 2 N–H and O–H groups in total. The van der Waals surface area contributed by atoms with E-state index in [1.54, 1.807) is 31.2 Å². The van der Waals surface area contributed by atoms with Crippen LogP contribution in [-0.4, -0.2) is 29.8 Å². The summed E-state index contributed by atoms with van der Waals surface area (Å²) in [6.45, 7) is 1.74. The van der Waals surface area contributed by atoms with Gasteiger partial charge in [-0.3, -0.25) is 4.79 Å². The fourth-order valence-electron chi connectivity index (χ4n) is 2.23. The molecule has 2 atom stereocenters. The molecule has 5 nitrogen and oxygen atoms in total. The van der Waals surface area contributed by atoms with Crippen molar-refractivity contribution in [1.29, 1.82) is 5.26 Å². The molecule has 2 aromatic carbocycles. The Morgan fingerprint density at radius 2 is 1.88 bits per heavy atom. The number of nitriles is 1. The van der Waals surface area contributed by atoms with Gasteiger partial charge in [-0.05, 0) is 24.6 Å². The van der Waals surface area contributed by atoms with E-state index >= 15 is 0 Å². The second-order valence-electron chi connectivity index (χ2n) is 5.46. The first-order chi connectivity index (χ1) is 11.6. The van der Waals surface area contributed by atoms with E-state index in [1.165, 1.54) is 0 Å². The van der Waals surface area contributed by atoms with Crippen molar-refractivity contribution in [3.8, 4) is 11.8 Å². The predicted molar refractivity (Wildman–Crippen MR) is 90.4 cm³/mol. The van der Waals surface area contributed by atoms with Crippen molar-refractivity contribution in [3.05, 3.63) is 65.7 Å². The van der Waals surface area contributed by atoms with Gasteiger partial charge in [-0.25, -0.2) is 0 Å². The van der Waals surface area contributed by atoms with Crippen molar-refractivity contribution in [3.63, 3.8) is 0 Å². The summed E-state index contributed by atoms with van der Waals surface area (Å²) in [4.78, 5) is 12.1. The number of amides is 1. The first-order valence-corrected chi connectivity index (χ1v) is 7.75. The van der Waals surface area contributed by atoms with Gasteiger partial charge in [0.1, 0.15) is 11.8 Å². The monoisotopic (exact) mass is 324 g/mol. The zero-order valence-corrected chi connectivity index (χ0v) is 13.5. The summed E-state index contributed by atoms with van der Waals surface area (Å²) >= 11 is 0. The molecule has 0 aliphatic rings. The zero-order chi connectivity index (χ0) is 17.4. The van der Waals surface area contributed by atoms with Gasteiger partial charge in [0.2, 0.25) is 0 Å². The fraction of sp³-hybridized carbons (Fsp3) is 0.263. The quantitative estimate of drug-likeness (QED) is 0.816. The average Bonchev–Trinajstić information content (AvgIpc) is 2.61. The first kappa shape index (κ1) is 17.5. The number of aliphatic hydroxyl groups excluding tert-OH is 1. The zero-order valence-electron chi connectivity index (χ0n) is 13.5. The van der Waals surface area contributed by atoms with Crippen LogP contribution in [0.15, 0.2) is 54.6 Å². The molecule has 2 rings (SSSR count). The SMILES string of the molecule is CC(Oc1ccccc1C#N)C(=O)NCC(O)Cc1ccccc1. The lowest BCUT2D eigenvalue weighted by molar-refractivity contribution is -0.127. The average molecular weight is 324 g/mol. The number of benzene rings is 2. The molecule has 0 saturated carbocycles. The topological polar surface area (TPSA) is 82.3 Å². The van der Waals surface area contributed by atoms with Gasteiger partial charge < -0.3 is 15.2 Å². The van der Waals surface area contributed by atoms with Crippen molar-refractivity contribution in [2.24, 2.45) is 0 Å². The van der Waals surface area contributed by atoms with Gasteiger partial charge in [-0.2, -0.15) is 5.26 Å². The van der Waals surface area contributed by atoms with Crippen LogP contribution in [0, 0.1) is 11.3 Å². The Morgan fingerprint density at radius 1 is 1.21 bits per heavy atom. The largest absolute Gasteiger partial charge is 0.480 e. The fourth-order valence-corrected chi connectivity index (χ4v) is 2.23. The van der Waals surface area contributed by atoms with Gasteiger partial charge in [0.05, 0.1) is 11.7 Å². The van der Waals surface area contributed by atoms with Gasteiger partial charge in [0.15, 0.2) is 6.10 Å². The molecule has 0 aliphatic heterocycles. The third-order valence-electron chi connectivity index (χ3n) is 3.51. The number of ether oxygens (including phenoxy) is 1. The molecule has 5 heteroatoms. The smallest absolute Gasteiger partial charge is 0.260 e. The summed E-state index contributed by atoms with van der Waals surface area (Å²) in [5, 5.41) is 21.7. The van der Waals surface area contributed by atoms with E-state index in [1.807, 2.05) is 36.4 Å². The molecule has 2 unspecified atom stereocenters. The molecule has 0 fully saturated rings. The molecule has 0 saturated heterocycles. The molecule has 0 spiro atoms. The Morgan fingerprint density at radius 3 is 2.58 bits per heavy atom. The molecule has 0 radical (unpaired) electrons. The third kappa shape index (κ3) is 5.11. The van der Waals surface area contributed by atoms with Crippen LogP contribution in [0.2, 0.25) is 0 Å². The minimum atomic E-state index is -0.761. The summed E-state index contributed by atoms with van der Waals surface area (Å²) in [7, 11) is 0. The number of para-hydroxylation sites is 1. The molecule has 0 heterocycles. The first-order valence-electron chi connectivity index (χ1n) is 7.75. The van der Waals surface area contributed by atoms with Crippen molar-refractivity contribution < 1.29 is 14.6 Å².